The van der Waals surface area contributed by atoms with Crippen molar-refractivity contribution in [3.8, 4) is 5.75 Å². The van der Waals surface area contributed by atoms with Gasteiger partial charge in [0, 0.05) is 24.6 Å². The van der Waals surface area contributed by atoms with Crippen molar-refractivity contribution in [1.82, 2.24) is 14.5 Å². The van der Waals surface area contributed by atoms with E-state index >= 15 is 0 Å². The second-order valence-corrected chi connectivity index (χ2v) is 8.14. The molecule has 1 aromatic carbocycles. The van der Waals surface area contributed by atoms with E-state index < -0.39 is 0 Å². The number of carbonyl (C=O) groups is 1. The topological polar surface area (TPSA) is 79.7 Å². The molecule has 2 heterocycles. The number of benzene rings is 1. The van der Waals surface area contributed by atoms with Crippen molar-refractivity contribution in [3.05, 3.63) is 45.1 Å². The lowest BCUT2D eigenvalue weighted by atomic mass is 9.94. The molecule has 7 nitrogen and oxygen atoms in total. The Bertz CT molecular complexity index is 1080. The second kappa shape index (κ2) is 8.90. The number of ether oxygens (including phenoxy) is 1. The molecule has 1 fully saturated rings. The van der Waals surface area contributed by atoms with Gasteiger partial charge in [0.25, 0.3) is 5.56 Å². The number of rotatable bonds is 7. The monoisotopic (exact) mass is 410 g/mol. The third-order valence-electron chi connectivity index (χ3n) is 6.15. The highest BCUT2D eigenvalue weighted by Crippen LogP contribution is 2.26. The molecular weight excluding hydrogens is 380 g/mol. The smallest absolute Gasteiger partial charge is 0.274 e. The fourth-order valence-electron chi connectivity index (χ4n) is 4.51. The summed E-state index contributed by atoms with van der Waals surface area (Å²) in [7, 11) is 0. The molecule has 1 aliphatic heterocycles. The van der Waals surface area contributed by atoms with E-state index in [1.165, 1.54) is 19.3 Å². The Balaban J connectivity index is 1.31. The maximum atomic E-state index is 12.6. The van der Waals surface area contributed by atoms with E-state index in [1.807, 2.05) is 18.2 Å². The lowest BCUT2D eigenvalue weighted by Gasteiger charge is -2.33. The number of imidazole rings is 1. The molecule has 0 bridgehead atoms. The van der Waals surface area contributed by atoms with Gasteiger partial charge >= 0.3 is 0 Å². The molecule has 30 heavy (non-hydrogen) atoms. The quantitative estimate of drug-likeness (QED) is 0.607. The van der Waals surface area contributed by atoms with Crippen LogP contribution < -0.4 is 21.3 Å². The normalized spacial score (nSPS) is 15.8. The summed E-state index contributed by atoms with van der Waals surface area (Å²) < 4.78 is 7.67. The first-order valence-corrected chi connectivity index (χ1v) is 11.0. The maximum absolute atomic E-state index is 12.6. The van der Waals surface area contributed by atoms with Crippen LogP contribution in [0.4, 0.5) is 5.69 Å². The highest BCUT2D eigenvalue weighted by molar-refractivity contribution is 5.76. The van der Waals surface area contributed by atoms with Gasteiger partial charge in [-0.15, -0.1) is 0 Å². The highest BCUT2D eigenvalue weighted by Gasteiger charge is 2.23. The van der Waals surface area contributed by atoms with Crippen LogP contribution in [0.25, 0.3) is 6.58 Å². The predicted molar refractivity (Wildman–Crippen MR) is 116 cm³/mol. The second-order valence-electron chi connectivity index (χ2n) is 8.14. The molecule has 2 aliphatic rings. The van der Waals surface area contributed by atoms with Crippen LogP contribution in [0.3, 0.4) is 0 Å². The minimum Gasteiger partial charge on any atom is -0.494 e. The van der Waals surface area contributed by atoms with Gasteiger partial charge in [-0.3, -0.25) is 14.6 Å². The standard InChI is InChI=1S/C23H30N4O3/c1-3-26(18-8-5-4-6-9-18)21(28)10-7-13-30-19-11-12-20-17(14-19)15-27-16(2)22(29)25-23(27)24-20/h11-12,14,18H,2-10,13,15H2,1H3,(H,24,25,29). The number of hydrogen-bond donors (Lipinski definition) is 1. The zero-order valence-corrected chi connectivity index (χ0v) is 17.7. The van der Waals surface area contributed by atoms with Gasteiger partial charge in [0.1, 0.15) is 11.1 Å². The Morgan fingerprint density at radius 3 is 2.90 bits per heavy atom. The van der Waals surface area contributed by atoms with Gasteiger partial charge in [0.05, 0.1) is 18.8 Å². The molecule has 1 amide bonds. The van der Waals surface area contributed by atoms with Gasteiger partial charge in [0.2, 0.25) is 11.5 Å². The number of amides is 1. The van der Waals surface area contributed by atoms with Crippen LogP contribution in [0, 0.1) is 0 Å². The molecular formula is C23H30N4O3. The third-order valence-corrected chi connectivity index (χ3v) is 6.15. The number of fused-ring (bicyclic) bond motifs is 2. The van der Waals surface area contributed by atoms with Crippen molar-refractivity contribution in [2.45, 2.75) is 64.5 Å². The van der Waals surface area contributed by atoms with E-state index in [4.69, 9.17) is 4.74 Å². The summed E-state index contributed by atoms with van der Waals surface area (Å²) in [5.41, 5.74) is 2.13. The number of H-pyrrole nitrogens is 1. The minimum atomic E-state index is -0.211. The molecule has 0 saturated heterocycles. The molecule has 1 aromatic heterocycles. The van der Waals surface area contributed by atoms with Crippen LogP contribution in [0.2, 0.25) is 0 Å². The average molecular weight is 411 g/mol. The Hall–Kier alpha value is -2.83. The molecule has 0 unspecified atom stereocenters. The van der Waals surface area contributed by atoms with Crippen LogP contribution in [0.15, 0.2) is 28.0 Å². The molecule has 2 aromatic rings. The van der Waals surface area contributed by atoms with Crippen molar-refractivity contribution >= 4 is 18.2 Å². The number of hydrogen-bond acceptors (Lipinski definition) is 4. The summed E-state index contributed by atoms with van der Waals surface area (Å²) in [5, 5.41) is 0.405. The Kier molecular flexibility index (Phi) is 6.06. The van der Waals surface area contributed by atoms with Crippen LogP contribution in [-0.4, -0.2) is 39.6 Å². The molecule has 1 N–H and O–H groups in total. The first-order chi connectivity index (χ1) is 14.6. The van der Waals surface area contributed by atoms with E-state index in [9.17, 15) is 9.59 Å². The van der Waals surface area contributed by atoms with Crippen molar-refractivity contribution in [2.75, 3.05) is 13.2 Å². The molecule has 0 radical (unpaired) electrons. The SMILES string of the molecule is C=c1c(=O)[nH]c2n1Cc1cc(OCCCC(=O)N(CC)C3CCCCC3)ccc1N=2. The van der Waals surface area contributed by atoms with E-state index in [-0.39, 0.29) is 11.5 Å². The molecule has 4 rings (SSSR count). The lowest BCUT2D eigenvalue weighted by molar-refractivity contribution is -0.134. The van der Waals surface area contributed by atoms with Crippen molar-refractivity contribution in [2.24, 2.45) is 4.99 Å². The molecule has 1 saturated carbocycles. The molecule has 0 spiro atoms. The fourth-order valence-corrected chi connectivity index (χ4v) is 4.51. The Labute approximate surface area is 176 Å². The van der Waals surface area contributed by atoms with Gasteiger partial charge in [-0.1, -0.05) is 25.8 Å². The fraction of sp³-hybridized carbons (Fsp3) is 0.522. The number of nitrogens with one attached hydrogen (secondary N) is 1. The number of aromatic amines is 1. The van der Waals surface area contributed by atoms with E-state index in [0.717, 1.165) is 36.4 Å². The average Bonchev–Trinajstić information content (AvgIpc) is 3.04. The van der Waals surface area contributed by atoms with Gasteiger partial charge in [-0.05, 0) is 44.4 Å². The van der Waals surface area contributed by atoms with Crippen LogP contribution >= 0.6 is 0 Å². The summed E-state index contributed by atoms with van der Waals surface area (Å²) in [6, 6.07) is 6.15. The summed E-state index contributed by atoms with van der Waals surface area (Å²) in [6.45, 7) is 7.71. The zero-order valence-electron chi connectivity index (χ0n) is 17.7. The van der Waals surface area contributed by atoms with Crippen molar-refractivity contribution in [3.63, 3.8) is 0 Å². The molecule has 160 valence electrons. The minimum absolute atomic E-state index is 0.211. The molecule has 1 aliphatic carbocycles. The van der Waals surface area contributed by atoms with Gasteiger partial charge < -0.3 is 14.2 Å². The summed E-state index contributed by atoms with van der Waals surface area (Å²) in [5.74, 6) is 0.994. The van der Waals surface area contributed by atoms with Gasteiger partial charge in [-0.2, -0.15) is 0 Å². The largest absolute Gasteiger partial charge is 0.494 e. The van der Waals surface area contributed by atoms with Crippen LogP contribution in [0.1, 0.15) is 57.4 Å². The Morgan fingerprint density at radius 2 is 2.13 bits per heavy atom. The molecule has 7 heteroatoms. The first-order valence-electron chi connectivity index (χ1n) is 11.0. The highest BCUT2D eigenvalue weighted by atomic mass is 16.5. The first kappa shape index (κ1) is 20.4. The lowest BCUT2D eigenvalue weighted by Crippen LogP contribution is -2.41. The third kappa shape index (κ3) is 4.20. The van der Waals surface area contributed by atoms with Crippen LogP contribution in [0.5, 0.6) is 5.75 Å². The maximum Gasteiger partial charge on any atom is 0.274 e. The summed E-state index contributed by atoms with van der Waals surface area (Å²) >= 11 is 0. The van der Waals surface area contributed by atoms with E-state index in [2.05, 4.69) is 28.4 Å². The number of aromatic nitrogens is 2. The summed E-state index contributed by atoms with van der Waals surface area (Å²) in [4.78, 5) is 33.7. The van der Waals surface area contributed by atoms with Gasteiger partial charge in [-0.25, -0.2) is 4.99 Å². The van der Waals surface area contributed by atoms with Crippen LogP contribution in [-0.2, 0) is 11.3 Å². The number of nitrogens with zero attached hydrogens (tertiary/aromatic N) is 3. The molecule has 0 atom stereocenters. The van der Waals surface area contributed by atoms with Crippen molar-refractivity contribution < 1.29 is 9.53 Å². The Morgan fingerprint density at radius 1 is 1.33 bits per heavy atom. The number of carbonyl (C=O) groups excluding carboxylic acids is 1. The van der Waals surface area contributed by atoms with Crippen molar-refractivity contribution in [1.29, 1.82) is 0 Å². The predicted octanol–water partition coefficient (Wildman–Crippen LogP) is 2.24. The van der Waals surface area contributed by atoms with Gasteiger partial charge in [0.15, 0.2) is 0 Å². The summed E-state index contributed by atoms with van der Waals surface area (Å²) in [6.07, 6.45) is 7.25. The zero-order chi connectivity index (χ0) is 21.1. The van der Waals surface area contributed by atoms with E-state index in [0.29, 0.717) is 43.0 Å². The van der Waals surface area contributed by atoms with E-state index in [1.54, 1.807) is 4.57 Å².